The summed E-state index contributed by atoms with van der Waals surface area (Å²) in [7, 11) is 0. The lowest BCUT2D eigenvalue weighted by molar-refractivity contribution is -0.200. The number of carbonyl (C=O) groups excluding carboxylic acids is 1. The van der Waals surface area contributed by atoms with E-state index < -0.39 is 12.1 Å². The number of rotatable bonds is 5. The van der Waals surface area contributed by atoms with E-state index in [2.05, 4.69) is 11.3 Å². The van der Waals surface area contributed by atoms with Gasteiger partial charge in [0.25, 0.3) is 0 Å². The third kappa shape index (κ3) is 6.81. The Morgan fingerprint density at radius 2 is 1.88 bits per heavy atom. The van der Waals surface area contributed by atoms with Crippen molar-refractivity contribution < 1.29 is 22.7 Å². The van der Waals surface area contributed by atoms with Gasteiger partial charge in [-0.2, -0.15) is 13.2 Å². The number of hydrogen-bond donors (Lipinski definition) is 0. The van der Waals surface area contributed by atoms with Crippen LogP contribution in [0.15, 0.2) is 23.8 Å². The van der Waals surface area contributed by atoms with Gasteiger partial charge in [0.05, 0.1) is 6.61 Å². The van der Waals surface area contributed by atoms with E-state index >= 15 is 0 Å². The molecule has 0 fully saturated rings. The molecule has 0 unspecified atom stereocenters. The fourth-order valence-corrected chi connectivity index (χ4v) is 1.05. The van der Waals surface area contributed by atoms with E-state index in [1.807, 2.05) is 19.9 Å². The third-order valence-electron chi connectivity index (χ3n) is 2.15. The number of esters is 1. The largest absolute Gasteiger partial charge is 0.490 e. The summed E-state index contributed by atoms with van der Waals surface area (Å²) < 4.78 is 39.9. The molecule has 0 saturated heterocycles. The molecule has 0 aliphatic rings. The van der Waals surface area contributed by atoms with Crippen LogP contribution in [0.25, 0.3) is 0 Å². The summed E-state index contributed by atoms with van der Waals surface area (Å²) in [6.45, 7) is 8.85. The number of allylic oxidation sites excluding steroid dienone is 2. The fraction of sp³-hybridized carbons (Fsp3) is 0.583. The van der Waals surface area contributed by atoms with Gasteiger partial charge in [-0.15, -0.1) is 0 Å². The van der Waals surface area contributed by atoms with Crippen molar-refractivity contribution in [3.05, 3.63) is 23.8 Å². The molecule has 0 aromatic carbocycles. The topological polar surface area (TPSA) is 26.3 Å². The summed E-state index contributed by atoms with van der Waals surface area (Å²) in [4.78, 5) is 10.5. The van der Waals surface area contributed by atoms with E-state index in [1.54, 1.807) is 6.92 Å². The molecule has 0 aliphatic carbocycles. The maximum atomic E-state index is 11.9. The average Bonchev–Trinajstić information content (AvgIpc) is 2.14. The maximum Gasteiger partial charge on any atom is 0.490 e. The van der Waals surface area contributed by atoms with Crippen LogP contribution < -0.4 is 0 Å². The molecule has 0 N–H and O–H groups in total. The van der Waals surface area contributed by atoms with Gasteiger partial charge in [0.1, 0.15) is 0 Å². The Morgan fingerprint density at radius 1 is 1.35 bits per heavy atom. The van der Waals surface area contributed by atoms with Crippen LogP contribution in [0.1, 0.15) is 27.2 Å². The Balaban J connectivity index is 4.34. The summed E-state index contributed by atoms with van der Waals surface area (Å²) in [5, 5.41) is 0. The molecule has 0 rings (SSSR count). The van der Waals surface area contributed by atoms with Crippen molar-refractivity contribution in [3.63, 3.8) is 0 Å². The number of carbonyl (C=O) groups is 1. The van der Waals surface area contributed by atoms with Crippen molar-refractivity contribution in [2.24, 2.45) is 5.92 Å². The van der Waals surface area contributed by atoms with Gasteiger partial charge in [0.2, 0.25) is 0 Å². The molecule has 0 saturated carbocycles. The molecule has 0 spiro atoms. The molecule has 5 heteroatoms. The second-order valence-electron chi connectivity index (χ2n) is 4.16. The highest BCUT2D eigenvalue weighted by Crippen LogP contribution is 2.20. The van der Waals surface area contributed by atoms with E-state index in [9.17, 15) is 18.0 Å². The number of halogens is 3. The fourth-order valence-electron chi connectivity index (χ4n) is 1.05. The molecule has 0 amide bonds. The van der Waals surface area contributed by atoms with Crippen LogP contribution in [-0.4, -0.2) is 18.8 Å². The summed E-state index contributed by atoms with van der Waals surface area (Å²) in [5.74, 6) is -2.43. The molecule has 2 nitrogen and oxygen atoms in total. The first-order valence-corrected chi connectivity index (χ1v) is 5.17. The highest BCUT2D eigenvalue weighted by Gasteiger charge is 2.41. The minimum atomic E-state index is -4.93. The Morgan fingerprint density at radius 3 is 2.24 bits per heavy atom. The minimum absolute atomic E-state index is 0.281. The molecule has 0 aliphatic heterocycles. The summed E-state index contributed by atoms with van der Waals surface area (Å²) in [6, 6.07) is 0. The summed E-state index contributed by atoms with van der Waals surface area (Å²) in [5.41, 5.74) is 1.75. The monoisotopic (exact) mass is 250 g/mol. The predicted molar refractivity (Wildman–Crippen MR) is 59.4 cm³/mol. The maximum absolute atomic E-state index is 11.9. The SMILES string of the molecule is C=C(C)[C@H](CC=C(C)C)COC(=O)C(F)(F)F. The second kappa shape index (κ2) is 6.47. The predicted octanol–water partition coefficient (Wildman–Crippen LogP) is 3.64. The van der Waals surface area contributed by atoms with Gasteiger partial charge in [-0.3, -0.25) is 0 Å². The van der Waals surface area contributed by atoms with Gasteiger partial charge in [0, 0.05) is 5.92 Å². The van der Waals surface area contributed by atoms with E-state index in [-0.39, 0.29) is 12.5 Å². The van der Waals surface area contributed by atoms with Gasteiger partial charge in [-0.25, -0.2) is 4.79 Å². The van der Waals surface area contributed by atoms with Crippen molar-refractivity contribution in [2.75, 3.05) is 6.61 Å². The molecule has 0 radical (unpaired) electrons. The van der Waals surface area contributed by atoms with Gasteiger partial charge in [-0.1, -0.05) is 23.8 Å². The first kappa shape index (κ1) is 15.7. The minimum Gasteiger partial charge on any atom is -0.458 e. The molecule has 1 atom stereocenters. The standard InChI is InChI=1S/C12H17F3O2/c1-8(2)5-6-10(9(3)4)7-17-11(16)12(13,14)15/h5,10H,3,6-7H2,1-2,4H3/t10-/m1/s1. The Kier molecular flexibility index (Phi) is 5.99. The number of hydrogen-bond acceptors (Lipinski definition) is 2. The molecular formula is C12H17F3O2. The zero-order chi connectivity index (χ0) is 13.6. The average molecular weight is 250 g/mol. The number of alkyl halides is 3. The van der Waals surface area contributed by atoms with Crippen molar-refractivity contribution in [3.8, 4) is 0 Å². The number of ether oxygens (including phenoxy) is 1. The zero-order valence-electron chi connectivity index (χ0n) is 10.2. The molecule has 17 heavy (non-hydrogen) atoms. The summed E-state index contributed by atoms with van der Waals surface area (Å²) >= 11 is 0. The van der Waals surface area contributed by atoms with Crippen molar-refractivity contribution >= 4 is 5.97 Å². The van der Waals surface area contributed by atoms with Crippen LogP contribution in [-0.2, 0) is 9.53 Å². The van der Waals surface area contributed by atoms with Gasteiger partial charge < -0.3 is 4.74 Å². The van der Waals surface area contributed by atoms with Crippen LogP contribution >= 0.6 is 0 Å². The van der Waals surface area contributed by atoms with Crippen LogP contribution in [0, 0.1) is 5.92 Å². The zero-order valence-corrected chi connectivity index (χ0v) is 10.2. The Hall–Kier alpha value is -1.26. The van der Waals surface area contributed by atoms with Crippen LogP contribution in [0.4, 0.5) is 13.2 Å². The van der Waals surface area contributed by atoms with E-state index in [1.165, 1.54) is 0 Å². The molecular weight excluding hydrogens is 233 g/mol. The quantitative estimate of drug-likeness (QED) is 0.550. The normalized spacial score (nSPS) is 12.8. The van der Waals surface area contributed by atoms with Crippen LogP contribution in [0.2, 0.25) is 0 Å². The molecule has 98 valence electrons. The first-order valence-electron chi connectivity index (χ1n) is 5.17. The molecule has 0 bridgehead atoms. The molecule has 0 aromatic rings. The lowest BCUT2D eigenvalue weighted by Gasteiger charge is -2.16. The lowest BCUT2D eigenvalue weighted by atomic mass is 9.98. The Bertz CT molecular complexity index is 312. The third-order valence-corrected chi connectivity index (χ3v) is 2.15. The lowest BCUT2D eigenvalue weighted by Crippen LogP contribution is -2.27. The van der Waals surface area contributed by atoms with Crippen LogP contribution in [0.5, 0.6) is 0 Å². The van der Waals surface area contributed by atoms with Gasteiger partial charge >= 0.3 is 12.1 Å². The van der Waals surface area contributed by atoms with Gasteiger partial charge in [0.15, 0.2) is 0 Å². The van der Waals surface area contributed by atoms with E-state index in [0.717, 1.165) is 5.57 Å². The van der Waals surface area contributed by atoms with Crippen molar-refractivity contribution in [2.45, 2.75) is 33.4 Å². The summed E-state index contributed by atoms with van der Waals surface area (Å²) in [6.07, 6.45) is -2.54. The first-order chi connectivity index (χ1) is 7.64. The van der Waals surface area contributed by atoms with Crippen molar-refractivity contribution in [1.29, 1.82) is 0 Å². The van der Waals surface area contributed by atoms with E-state index in [0.29, 0.717) is 12.0 Å². The smallest absolute Gasteiger partial charge is 0.458 e. The molecule has 0 heterocycles. The van der Waals surface area contributed by atoms with E-state index in [4.69, 9.17) is 0 Å². The highest BCUT2D eigenvalue weighted by atomic mass is 19.4. The van der Waals surface area contributed by atoms with Crippen LogP contribution in [0.3, 0.4) is 0 Å². The van der Waals surface area contributed by atoms with Gasteiger partial charge in [-0.05, 0) is 27.2 Å². The highest BCUT2D eigenvalue weighted by molar-refractivity contribution is 5.75. The van der Waals surface area contributed by atoms with Crippen molar-refractivity contribution in [1.82, 2.24) is 0 Å². The molecule has 0 aromatic heterocycles. The second-order valence-corrected chi connectivity index (χ2v) is 4.16. The Labute approximate surface area is 99.1 Å².